The molecular formula is C8H15N3. The smallest absolute Gasteiger partial charge is 0.0715 e. The molecule has 1 rings (SSSR count). The molecular weight excluding hydrogens is 138 g/mol. The van der Waals surface area contributed by atoms with Crippen molar-refractivity contribution in [1.82, 2.24) is 0 Å². The van der Waals surface area contributed by atoms with Gasteiger partial charge in [-0.2, -0.15) is 0 Å². The normalized spacial score (nSPS) is 7.91. The van der Waals surface area contributed by atoms with Gasteiger partial charge in [0.25, 0.3) is 0 Å². The Labute approximate surface area is 67.4 Å². The Morgan fingerprint density at radius 3 is 2.09 bits per heavy atom. The van der Waals surface area contributed by atoms with Gasteiger partial charge in [0.05, 0.1) is 11.4 Å². The fourth-order valence-corrected chi connectivity index (χ4v) is 0.628. The largest absolute Gasteiger partial charge is 0.397 e. The first-order valence-electron chi connectivity index (χ1n) is 3.65. The molecule has 0 unspecified atom stereocenters. The molecule has 0 aliphatic carbocycles. The Bertz CT molecular complexity index is 198. The van der Waals surface area contributed by atoms with Crippen molar-refractivity contribution >= 4 is 11.4 Å². The summed E-state index contributed by atoms with van der Waals surface area (Å²) in [6.07, 6.45) is 0. The maximum atomic E-state index is 5.49. The number of rotatable bonds is 1. The number of hydrogen-bond donors (Lipinski definition) is 3. The van der Waals surface area contributed by atoms with Crippen molar-refractivity contribution < 1.29 is 0 Å². The molecule has 0 radical (unpaired) electrons. The molecule has 3 nitrogen and oxygen atoms in total. The van der Waals surface area contributed by atoms with E-state index < -0.39 is 0 Å². The minimum absolute atomic E-state index is 0.667. The third-order valence-corrected chi connectivity index (χ3v) is 1.12. The van der Waals surface area contributed by atoms with E-state index in [0.717, 1.165) is 5.69 Å². The van der Waals surface area contributed by atoms with Gasteiger partial charge in [0.2, 0.25) is 0 Å². The van der Waals surface area contributed by atoms with Crippen LogP contribution in [-0.4, -0.2) is 0 Å². The Morgan fingerprint density at radius 1 is 1.18 bits per heavy atom. The van der Waals surface area contributed by atoms with Crippen molar-refractivity contribution in [3.05, 3.63) is 24.3 Å². The minimum atomic E-state index is 0.667. The predicted molar refractivity (Wildman–Crippen MR) is 50.0 cm³/mol. The molecule has 0 atom stereocenters. The van der Waals surface area contributed by atoms with E-state index in [9.17, 15) is 0 Å². The maximum absolute atomic E-state index is 5.49. The lowest BCUT2D eigenvalue weighted by atomic mass is 10.3. The van der Waals surface area contributed by atoms with Crippen LogP contribution in [0.25, 0.3) is 0 Å². The van der Waals surface area contributed by atoms with E-state index in [0.29, 0.717) is 5.69 Å². The zero-order chi connectivity index (χ0) is 8.69. The van der Waals surface area contributed by atoms with Crippen LogP contribution in [0.4, 0.5) is 11.4 Å². The lowest BCUT2D eigenvalue weighted by Gasteiger charge is -2.00. The monoisotopic (exact) mass is 153 g/mol. The van der Waals surface area contributed by atoms with E-state index in [1.807, 2.05) is 32.0 Å². The van der Waals surface area contributed by atoms with Gasteiger partial charge in [-0.15, -0.1) is 0 Å². The standard InChI is InChI=1S/C6H9N3.C2H6/c7-5-3-1-2-4-6(5)9-8;1-2/h1-4,9H,7-8H2;1-2H3. The summed E-state index contributed by atoms with van der Waals surface area (Å²) < 4.78 is 0. The van der Waals surface area contributed by atoms with Crippen LogP contribution in [0.15, 0.2) is 24.3 Å². The van der Waals surface area contributed by atoms with E-state index >= 15 is 0 Å². The Hall–Kier alpha value is -1.22. The van der Waals surface area contributed by atoms with Crippen LogP contribution in [0, 0.1) is 0 Å². The van der Waals surface area contributed by atoms with Crippen molar-refractivity contribution in [3.63, 3.8) is 0 Å². The summed E-state index contributed by atoms with van der Waals surface area (Å²) >= 11 is 0. The highest BCUT2D eigenvalue weighted by Crippen LogP contribution is 2.13. The molecule has 0 fully saturated rings. The topological polar surface area (TPSA) is 64.1 Å². The number of hydrogen-bond acceptors (Lipinski definition) is 3. The molecule has 0 aromatic heterocycles. The molecule has 0 aliphatic heterocycles. The summed E-state index contributed by atoms with van der Waals surface area (Å²) in [7, 11) is 0. The van der Waals surface area contributed by atoms with Crippen molar-refractivity contribution in [2.75, 3.05) is 11.2 Å². The second-order valence-corrected chi connectivity index (χ2v) is 1.73. The highest BCUT2D eigenvalue weighted by Gasteiger charge is 1.89. The highest BCUT2D eigenvalue weighted by atomic mass is 15.2. The molecule has 3 heteroatoms. The third-order valence-electron chi connectivity index (χ3n) is 1.12. The van der Waals surface area contributed by atoms with Crippen LogP contribution in [0.5, 0.6) is 0 Å². The van der Waals surface area contributed by atoms with Crippen molar-refractivity contribution in [2.24, 2.45) is 5.84 Å². The zero-order valence-corrected chi connectivity index (χ0v) is 6.96. The lowest BCUT2D eigenvalue weighted by Crippen LogP contribution is -2.08. The van der Waals surface area contributed by atoms with Gasteiger partial charge >= 0.3 is 0 Å². The van der Waals surface area contributed by atoms with Crippen LogP contribution in [0.1, 0.15) is 13.8 Å². The van der Waals surface area contributed by atoms with Gasteiger partial charge in [-0.1, -0.05) is 26.0 Å². The molecule has 1 aromatic carbocycles. The Morgan fingerprint density at radius 2 is 1.73 bits per heavy atom. The van der Waals surface area contributed by atoms with Gasteiger partial charge in [-0.25, -0.2) is 0 Å². The molecule has 0 aliphatic rings. The average Bonchev–Trinajstić information content (AvgIpc) is 2.09. The van der Waals surface area contributed by atoms with Crippen molar-refractivity contribution in [1.29, 1.82) is 0 Å². The van der Waals surface area contributed by atoms with E-state index in [-0.39, 0.29) is 0 Å². The third kappa shape index (κ3) is 2.91. The van der Waals surface area contributed by atoms with Gasteiger partial charge in [0.15, 0.2) is 0 Å². The quantitative estimate of drug-likeness (QED) is 0.326. The first-order valence-corrected chi connectivity index (χ1v) is 3.65. The number of benzene rings is 1. The van der Waals surface area contributed by atoms with E-state index in [1.54, 1.807) is 6.07 Å². The summed E-state index contributed by atoms with van der Waals surface area (Å²) in [6, 6.07) is 7.33. The molecule has 0 saturated heterocycles. The Balaban J connectivity index is 0.000000461. The molecule has 1 aromatic rings. The lowest BCUT2D eigenvalue weighted by molar-refractivity contribution is 1.35. The summed E-state index contributed by atoms with van der Waals surface area (Å²) in [5, 5.41) is 0. The summed E-state index contributed by atoms with van der Waals surface area (Å²) in [4.78, 5) is 0. The summed E-state index contributed by atoms with van der Waals surface area (Å²) in [6.45, 7) is 4.00. The number of anilines is 2. The number of nitrogens with two attached hydrogens (primary N) is 2. The van der Waals surface area contributed by atoms with Gasteiger partial charge in [0, 0.05) is 0 Å². The molecule has 0 bridgehead atoms. The van der Waals surface area contributed by atoms with Crippen LogP contribution >= 0.6 is 0 Å². The van der Waals surface area contributed by atoms with Crippen LogP contribution in [-0.2, 0) is 0 Å². The maximum Gasteiger partial charge on any atom is 0.0715 e. The van der Waals surface area contributed by atoms with E-state index in [1.165, 1.54) is 0 Å². The molecule has 0 heterocycles. The Kier molecular flexibility index (Phi) is 4.94. The number of para-hydroxylation sites is 2. The van der Waals surface area contributed by atoms with Gasteiger partial charge in [-0.3, -0.25) is 5.84 Å². The fourth-order valence-electron chi connectivity index (χ4n) is 0.628. The first kappa shape index (κ1) is 9.78. The molecule has 11 heavy (non-hydrogen) atoms. The molecule has 0 saturated carbocycles. The van der Waals surface area contributed by atoms with E-state index in [4.69, 9.17) is 11.6 Å². The predicted octanol–water partition coefficient (Wildman–Crippen LogP) is 1.58. The van der Waals surface area contributed by atoms with Gasteiger partial charge in [-0.05, 0) is 12.1 Å². The van der Waals surface area contributed by atoms with E-state index in [2.05, 4.69) is 5.43 Å². The number of nitrogen functional groups attached to an aromatic ring is 2. The average molecular weight is 153 g/mol. The molecule has 0 spiro atoms. The van der Waals surface area contributed by atoms with Crippen molar-refractivity contribution in [3.8, 4) is 0 Å². The SMILES string of the molecule is CC.NNc1ccccc1N. The molecule has 0 amide bonds. The molecule has 62 valence electrons. The highest BCUT2D eigenvalue weighted by molar-refractivity contribution is 5.64. The second-order valence-electron chi connectivity index (χ2n) is 1.73. The van der Waals surface area contributed by atoms with Gasteiger partial charge < -0.3 is 11.2 Å². The fraction of sp³-hybridized carbons (Fsp3) is 0.250. The number of nitrogens with one attached hydrogen (secondary N) is 1. The van der Waals surface area contributed by atoms with Crippen LogP contribution < -0.4 is 17.0 Å². The van der Waals surface area contributed by atoms with Crippen molar-refractivity contribution in [2.45, 2.75) is 13.8 Å². The first-order chi connectivity index (χ1) is 5.34. The summed E-state index contributed by atoms with van der Waals surface area (Å²) in [5.41, 5.74) is 9.39. The van der Waals surface area contributed by atoms with Crippen LogP contribution in [0.3, 0.4) is 0 Å². The van der Waals surface area contributed by atoms with Crippen LogP contribution in [0.2, 0.25) is 0 Å². The summed E-state index contributed by atoms with van der Waals surface area (Å²) in [5.74, 6) is 5.12. The number of hydrazine groups is 1. The second kappa shape index (κ2) is 5.56. The minimum Gasteiger partial charge on any atom is -0.397 e. The molecule has 5 N–H and O–H groups in total. The zero-order valence-electron chi connectivity index (χ0n) is 6.96. The van der Waals surface area contributed by atoms with Gasteiger partial charge in [0.1, 0.15) is 0 Å².